The van der Waals surface area contributed by atoms with Gasteiger partial charge in [-0.15, -0.1) is 0 Å². The van der Waals surface area contributed by atoms with Crippen LogP contribution in [0.25, 0.3) is 0 Å². The molecule has 18 heavy (non-hydrogen) atoms. The van der Waals surface area contributed by atoms with Crippen molar-refractivity contribution in [2.24, 2.45) is 5.41 Å². The third-order valence-electron chi connectivity index (χ3n) is 3.33. The van der Waals surface area contributed by atoms with Crippen molar-refractivity contribution in [3.8, 4) is 0 Å². The summed E-state index contributed by atoms with van der Waals surface area (Å²) in [5.74, 6) is -2.23. The predicted octanol–water partition coefficient (Wildman–Crippen LogP) is 1.26. The number of rotatable bonds is 3. The topological polar surface area (TPSA) is 71.4 Å². The molecule has 4 nitrogen and oxygen atoms in total. The highest BCUT2D eigenvalue weighted by atomic mass is 32.2. The van der Waals surface area contributed by atoms with Crippen LogP contribution in [-0.4, -0.2) is 31.0 Å². The number of carboxylic acids is 1. The summed E-state index contributed by atoms with van der Waals surface area (Å²) in [7, 11) is -3.34. The van der Waals surface area contributed by atoms with Crippen molar-refractivity contribution < 1.29 is 22.7 Å². The van der Waals surface area contributed by atoms with Crippen LogP contribution in [-0.2, 0) is 21.1 Å². The average Bonchev–Trinajstić information content (AvgIpc) is 2.59. The Kier molecular flexibility index (Phi) is 3.14. The standard InChI is InChI=1S/C12H13FO4S/c13-10-4-2-1-3-9(10)7-12(11(14)15)5-6-18(16,17)8-12/h1-4H,5-8H2,(H,14,15). The smallest absolute Gasteiger partial charge is 0.311 e. The van der Waals surface area contributed by atoms with E-state index in [0.29, 0.717) is 0 Å². The molecule has 1 aliphatic heterocycles. The minimum atomic E-state index is -3.34. The van der Waals surface area contributed by atoms with E-state index in [1.165, 1.54) is 18.2 Å². The van der Waals surface area contributed by atoms with Crippen LogP contribution in [0.4, 0.5) is 4.39 Å². The molecule has 1 atom stereocenters. The Morgan fingerprint density at radius 3 is 2.56 bits per heavy atom. The van der Waals surface area contributed by atoms with Crippen LogP contribution in [0, 0.1) is 11.2 Å². The number of aliphatic carboxylic acids is 1. The summed E-state index contributed by atoms with van der Waals surface area (Å²) in [5, 5.41) is 9.26. The molecule has 0 saturated carbocycles. The molecule has 0 aliphatic carbocycles. The largest absolute Gasteiger partial charge is 0.481 e. The summed E-state index contributed by atoms with van der Waals surface area (Å²) in [6, 6.07) is 5.86. The fourth-order valence-electron chi connectivity index (χ4n) is 2.31. The molecule has 1 fully saturated rings. The van der Waals surface area contributed by atoms with Gasteiger partial charge < -0.3 is 5.11 Å². The van der Waals surface area contributed by atoms with E-state index in [-0.39, 0.29) is 24.2 Å². The average molecular weight is 272 g/mol. The van der Waals surface area contributed by atoms with Crippen molar-refractivity contribution in [3.63, 3.8) is 0 Å². The molecule has 6 heteroatoms. The zero-order chi connectivity index (χ0) is 13.4. The number of halogens is 1. The SMILES string of the molecule is O=C(O)C1(Cc2ccccc2F)CCS(=O)(=O)C1. The summed E-state index contributed by atoms with van der Waals surface area (Å²) < 4.78 is 36.5. The molecule has 98 valence electrons. The first-order chi connectivity index (χ1) is 8.35. The number of hydrogen-bond acceptors (Lipinski definition) is 3. The van der Waals surface area contributed by atoms with Crippen LogP contribution in [0.15, 0.2) is 24.3 Å². The Labute approximate surface area is 104 Å². The lowest BCUT2D eigenvalue weighted by Crippen LogP contribution is -2.35. The van der Waals surface area contributed by atoms with Crippen molar-refractivity contribution in [2.75, 3.05) is 11.5 Å². The minimum absolute atomic E-state index is 0.0407. The highest BCUT2D eigenvalue weighted by molar-refractivity contribution is 7.91. The van der Waals surface area contributed by atoms with Gasteiger partial charge in [0.1, 0.15) is 5.82 Å². The van der Waals surface area contributed by atoms with Gasteiger partial charge in [-0.05, 0) is 24.5 Å². The normalized spacial score (nSPS) is 26.1. The van der Waals surface area contributed by atoms with Gasteiger partial charge in [0.05, 0.1) is 16.9 Å². The Balaban J connectivity index is 2.35. The number of hydrogen-bond donors (Lipinski definition) is 1. The molecule has 0 amide bonds. The molecule has 0 radical (unpaired) electrons. The van der Waals surface area contributed by atoms with Gasteiger partial charge in [0, 0.05) is 0 Å². The monoisotopic (exact) mass is 272 g/mol. The third kappa shape index (κ3) is 2.38. The molecule has 1 N–H and O–H groups in total. The van der Waals surface area contributed by atoms with Gasteiger partial charge in [0.15, 0.2) is 9.84 Å². The van der Waals surface area contributed by atoms with E-state index in [1.54, 1.807) is 6.07 Å². The quantitative estimate of drug-likeness (QED) is 0.899. The summed E-state index contributed by atoms with van der Waals surface area (Å²) >= 11 is 0. The second-order valence-electron chi connectivity index (χ2n) is 4.70. The van der Waals surface area contributed by atoms with Gasteiger partial charge in [0.2, 0.25) is 0 Å². The summed E-state index contributed by atoms with van der Waals surface area (Å²) in [6.07, 6.45) is -0.0484. The van der Waals surface area contributed by atoms with Crippen LogP contribution in [0.5, 0.6) is 0 Å². The Bertz CT molecular complexity index is 581. The maximum Gasteiger partial charge on any atom is 0.311 e. The van der Waals surface area contributed by atoms with Crippen LogP contribution >= 0.6 is 0 Å². The van der Waals surface area contributed by atoms with E-state index in [9.17, 15) is 22.7 Å². The molecule has 1 aliphatic rings. The van der Waals surface area contributed by atoms with E-state index in [0.717, 1.165) is 0 Å². The van der Waals surface area contributed by atoms with Crippen molar-refractivity contribution in [2.45, 2.75) is 12.8 Å². The van der Waals surface area contributed by atoms with Gasteiger partial charge in [-0.25, -0.2) is 12.8 Å². The molecule has 0 aromatic heterocycles. The van der Waals surface area contributed by atoms with Crippen LogP contribution in [0.1, 0.15) is 12.0 Å². The van der Waals surface area contributed by atoms with Gasteiger partial charge in [-0.1, -0.05) is 18.2 Å². The zero-order valence-electron chi connectivity index (χ0n) is 9.60. The van der Waals surface area contributed by atoms with E-state index in [4.69, 9.17) is 0 Å². The number of sulfone groups is 1. The third-order valence-corrected chi connectivity index (χ3v) is 5.15. The first kappa shape index (κ1) is 13.0. The molecule has 1 saturated heterocycles. The first-order valence-corrected chi connectivity index (χ1v) is 7.34. The maximum atomic E-state index is 13.5. The summed E-state index contributed by atoms with van der Waals surface area (Å²) in [4.78, 5) is 11.3. The zero-order valence-corrected chi connectivity index (χ0v) is 10.4. The highest BCUT2D eigenvalue weighted by Crippen LogP contribution is 2.36. The second kappa shape index (κ2) is 4.35. The molecule has 0 spiro atoms. The molecule has 1 unspecified atom stereocenters. The number of benzene rings is 1. The Morgan fingerprint density at radius 2 is 2.06 bits per heavy atom. The molecule has 1 aromatic carbocycles. The predicted molar refractivity (Wildman–Crippen MR) is 63.4 cm³/mol. The fraction of sp³-hybridized carbons (Fsp3) is 0.417. The van der Waals surface area contributed by atoms with E-state index < -0.39 is 32.8 Å². The van der Waals surface area contributed by atoms with Gasteiger partial charge in [0.25, 0.3) is 0 Å². The lowest BCUT2D eigenvalue weighted by molar-refractivity contribution is -0.147. The highest BCUT2D eigenvalue weighted by Gasteiger charge is 2.48. The first-order valence-electron chi connectivity index (χ1n) is 5.52. The molecule has 1 aromatic rings. The molecule has 1 heterocycles. The molecular formula is C12H13FO4S. The van der Waals surface area contributed by atoms with Crippen molar-refractivity contribution >= 4 is 15.8 Å². The summed E-state index contributed by atoms with van der Waals surface area (Å²) in [6.45, 7) is 0. The molecule has 2 rings (SSSR count). The van der Waals surface area contributed by atoms with E-state index >= 15 is 0 Å². The minimum Gasteiger partial charge on any atom is -0.481 e. The van der Waals surface area contributed by atoms with Crippen LogP contribution in [0.3, 0.4) is 0 Å². The van der Waals surface area contributed by atoms with E-state index in [2.05, 4.69) is 0 Å². The summed E-state index contributed by atoms with van der Waals surface area (Å²) in [5.41, 5.74) is -1.14. The van der Waals surface area contributed by atoms with Crippen molar-refractivity contribution in [1.29, 1.82) is 0 Å². The van der Waals surface area contributed by atoms with Gasteiger partial charge >= 0.3 is 5.97 Å². The maximum absolute atomic E-state index is 13.5. The van der Waals surface area contributed by atoms with Crippen LogP contribution in [0.2, 0.25) is 0 Å². The Morgan fingerprint density at radius 1 is 1.39 bits per heavy atom. The van der Waals surface area contributed by atoms with Gasteiger partial charge in [-0.3, -0.25) is 4.79 Å². The Hall–Kier alpha value is -1.43. The fourth-order valence-corrected chi connectivity index (χ4v) is 4.36. The van der Waals surface area contributed by atoms with Crippen molar-refractivity contribution in [3.05, 3.63) is 35.6 Å². The van der Waals surface area contributed by atoms with Gasteiger partial charge in [-0.2, -0.15) is 0 Å². The number of carbonyl (C=O) groups is 1. The molecular weight excluding hydrogens is 259 g/mol. The number of carboxylic acid groups (broad SMARTS) is 1. The second-order valence-corrected chi connectivity index (χ2v) is 6.88. The van der Waals surface area contributed by atoms with Crippen LogP contribution < -0.4 is 0 Å². The molecule has 0 bridgehead atoms. The van der Waals surface area contributed by atoms with Crippen molar-refractivity contribution in [1.82, 2.24) is 0 Å². The lowest BCUT2D eigenvalue weighted by Gasteiger charge is -2.22. The lowest BCUT2D eigenvalue weighted by atomic mass is 9.81. The van der Waals surface area contributed by atoms with E-state index in [1.807, 2.05) is 0 Å².